The number of nitrogens with one attached hydrogen (secondary N) is 1. The summed E-state index contributed by atoms with van der Waals surface area (Å²) in [6.07, 6.45) is 4.30. The van der Waals surface area contributed by atoms with Gasteiger partial charge in [0.15, 0.2) is 0 Å². The maximum Gasteiger partial charge on any atom is 0.347 e. The third-order valence-corrected chi connectivity index (χ3v) is 7.64. The number of carbonyl (C=O) groups is 2. The minimum Gasteiger partial charge on any atom is -0.478 e. The molecule has 198 valence electrons. The summed E-state index contributed by atoms with van der Waals surface area (Å²) in [4.78, 5) is 37.3. The third-order valence-electron chi connectivity index (χ3n) is 7.64. The highest BCUT2D eigenvalue weighted by Crippen LogP contribution is 2.42. The Bertz CT molecular complexity index is 1290. The lowest BCUT2D eigenvalue weighted by Crippen LogP contribution is -2.58. The number of para-hydroxylation sites is 1. The van der Waals surface area contributed by atoms with Gasteiger partial charge in [0.2, 0.25) is 12.0 Å². The number of ether oxygens (including phenoxy) is 1. The summed E-state index contributed by atoms with van der Waals surface area (Å²) >= 11 is 0. The number of carboxylic acid groups (broad SMARTS) is 1. The fourth-order valence-corrected chi connectivity index (χ4v) is 5.93. The van der Waals surface area contributed by atoms with Crippen LogP contribution in [0.5, 0.6) is 6.01 Å². The van der Waals surface area contributed by atoms with Crippen molar-refractivity contribution in [3.63, 3.8) is 0 Å². The van der Waals surface area contributed by atoms with Crippen LogP contribution < -0.4 is 15.0 Å². The largest absolute Gasteiger partial charge is 0.478 e. The molecule has 0 unspecified atom stereocenters. The summed E-state index contributed by atoms with van der Waals surface area (Å²) < 4.78 is 6.15. The van der Waals surface area contributed by atoms with Gasteiger partial charge in [-0.05, 0) is 50.3 Å². The second-order valence-electron chi connectivity index (χ2n) is 10.3. The normalized spacial score (nSPS) is 20.9. The fraction of sp³-hybridized carbons (Fsp3) is 0.400. The van der Waals surface area contributed by atoms with Crippen LogP contribution in [0.2, 0.25) is 0 Å². The number of aryl methyl sites for hydroxylation is 2. The Kier molecular flexibility index (Phi) is 7.42. The average molecular weight is 515 g/mol. The van der Waals surface area contributed by atoms with E-state index in [1.165, 1.54) is 19.3 Å². The maximum absolute atomic E-state index is 13.7. The molecular formula is C30H34N4O4. The Hall–Kier alpha value is -3.78. The first-order valence-electron chi connectivity index (χ1n) is 13.3. The van der Waals surface area contributed by atoms with Crippen molar-refractivity contribution in [1.29, 1.82) is 0 Å². The maximum atomic E-state index is 13.7. The SMILES string of the molecule is Cc1cc(C)nc(O[C@H](C(=O)O)[C@@]2(c3ccccc3)NCC(=O)N(CC3CCCCC3)c3ccccc32)n1. The van der Waals surface area contributed by atoms with Gasteiger partial charge < -0.3 is 14.7 Å². The standard InChI is InChI=1S/C30H34N4O4/c1-20-17-21(2)33-29(32-20)38-27(28(36)37)30(23-13-7-4-8-14-23)24-15-9-10-16-25(24)34(26(35)18-31-30)19-22-11-5-3-6-12-22/h4,7-10,13-17,22,27,31H,3,5-6,11-12,18-19H2,1-2H3,(H,36,37)/t27-,30+/m1/s1. The number of carbonyl (C=O) groups excluding carboxylic acids is 1. The lowest BCUT2D eigenvalue weighted by atomic mass is 9.77. The second-order valence-corrected chi connectivity index (χ2v) is 10.3. The van der Waals surface area contributed by atoms with Crippen molar-refractivity contribution in [2.45, 2.75) is 57.6 Å². The van der Waals surface area contributed by atoms with Crippen molar-refractivity contribution in [1.82, 2.24) is 15.3 Å². The van der Waals surface area contributed by atoms with Crippen molar-refractivity contribution in [3.8, 4) is 6.01 Å². The van der Waals surface area contributed by atoms with E-state index in [0.717, 1.165) is 12.8 Å². The van der Waals surface area contributed by atoms with Crippen LogP contribution in [0, 0.1) is 19.8 Å². The van der Waals surface area contributed by atoms with Gasteiger partial charge in [0.1, 0.15) is 5.54 Å². The van der Waals surface area contributed by atoms with E-state index in [1.807, 2.05) is 73.3 Å². The van der Waals surface area contributed by atoms with E-state index in [2.05, 4.69) is 15.3 Å². The van der Waals surface area contributed by atoms with E-state index in [4.69, 9.17) is 4.74 Å². The molecule has 2 aromatic carbocycles. The molecule has 2 aliphatic rings. The fourth-order valence-electron chi connectivity index (χ4n) is 5.93. The van der Waals surface area contributed by atoms with E-state index in [0.29, 0.717) is 40.7 Å². The highest BCUT2D eigenvalue weighted by Gasteiger charge is 2.52. The van der Waals surface area contributed by atoms with Crippen LogP contribution >= 0.6 is 0 Å². The van der Waals surface area contributed by atoms with Gasteiger partial charge >= 0.3 is 12.0 Å². The molecule has 2 atom stereocenters. The molecule has 38 heavy (non-hydrogen) atoms. The molecule has 1 aliphatic heterocycles. The number of carboxylic acids is 1. The number of hydrogen-bond donors (Lipinski definition) is 2. The first-order valence-corrected chi connectivity index (χ1v) is 13.3. The van der Waals surface area contributed by atoms with E-state index in [-0.39, 0.29) is 18.5 Å². The number of fused-ring (bicyclic) bond motifs is 1. The number of aromatic nitrogens is 2. The van der Waals surface area contributed by atoms with E-state index in [9.17, 15) is 14.7 Å². The number of anilines is 1. The predicted molar refractivity (Wildman–Crippen MR) is 144 cm³/mol. The molecule has 2 N–H and O–H groups in total. The molecule has 1 fully saturated rings. The van der Waals surface area contributed by atoms with Crippen molar-refractivity contribution in [3.05, 3.63) is 83.2 Å². The zero-order chi connectivity index (χ0) is 26.7. The van der Waals surface area contributed by atoms with Crippen molar-refractivity contribution >= 4 is 17.6 Å². The van der Waals surface area contributed by atoms with Crippen LogP contribution in [0.3, 0.4) is 0 Å². The summed E-state index contributed by atoms with van der Waals surface area (Å²) in [5.74, 6) is -0.861. The smallest absolute Gasteiger partial charge is 0.347 e. The lowest BCUT2D eigenvalue weighted by Gasteiger charge is -2.39. The molecule has 1 aliphatic carbocycles. The van der Waals surface area contributed by atoms with Crippen molar-refractivity contribution in [2.75, 3.05) is 18.0 Å². The van der Waals surface area contributed by atoms with Gasteiger partial charge in [-0.1, -0.05) is 67.8 Å². The molecule has 0 saturated heterocycles. The van der Waals surface area contributed by atoms with Gasteiger partial charge in [0.05, 0.1) is 6.54 Å². The average Bonchev–Trinajstić information content (AvgIpc) is 3.03. The first-order chi connectivity index (χ1) is 18.4. The summed E-state index contributed by atoms with van der Waals surface area (Å²) in [6.45, 7) is 4.19. The van der Waals surface area contributed by atoms with Crippen LogP contribution in [-0.4, -0.2) is 46.1 Å². The van der Waals surface area contributed by atoms with E-state index < -0.39 is 17.6 Å². The van der Waals surface area contributed by atoms with Crippen LogP contribution in [0.4, 0.5) is 5.69 Å². The Morgan fingerprint density at radius 1 is 1.05 bits per heavy atom. The highest BCUT2D eigenvalue weighted by molar-refractivity contribution is 5.97. The predicted octanol–water partition coefficient (Wildman–Crippen LogP) is 4.39. The van der Waals surface area contributed by atoms with Gasteiger partial charge in [0, 0.05) is 29.2 Å². The number of rotatable bonds is 7. The third kappa shape index (κ3) is 5.00. The topological polar surface area (TPSA) is 105 Å². The first kappa shape index (κ1) is 25.9. The van der Waals surface area contributed by atoms with Gasteiger partial charge in [-0.3, -0.25) is 10.1 Å². The van der Waals surface area contributed by atoms with Gasteiger partial charge in [-0.15, -0.1) is 0 Å². The van der Waals surface area contributed by atoms with Gasteiger partial charge in [-0.25, -0.2) is 14.8 Å². The molecule has 1 aromatic heterocycles. The lowest BCUT2D eigenvalue weighted by molar-refractivity contribution is -0.149. The van der Waals surface area contributed by atoms with Crippen molar-refractivity contribution < 1.29 is 19.4 Å². The Balaban J connectivity index is 1.68. The number of nitrogens with zero attached hydrogens (tertiary/aromatic N) is 3. The quantitative estimate of drug-likeness (QED) is 0.482. The molecule has 0 bridgehead atoms. The molecule has 5 rings (SSSR count). The number of aliphatic carboxylic acids is 1. The molecule has 2 heterocycles. The van der Waals surface area contributed by atoms with Crippen LogP contribution in [-0.2, 0) is 15.1 Å². The zero-order valence-electron chi connectivity index (χ0n) is 21.9. The Labute approximate surface area is 223 Å². The number of hydrogen-bond acceptors (Lipinski definition) is 6. The highest BCUT2D eigenvalue weighted by atomic mass is 16.5. The monoisotopic (exact) mass is 514 g/mol. The minimum atomic E-state index is -1.46. The molecule has 1 amide bonds. The molecule has 8 nitrogen and oxygen atoms in total. The molecule has 8 heteroatoms. The van der Waals surface area contributed by atoms with Crippen LogP contribution in [0.25, 0.3) is 0 Å². The van der Waals surface area contributed by atoms with Gasteiger partial charge in [-0.2, -0.15) is 0 Å². The summed E-state index contributed by atoms with van der Waals surface area (Å²) in [5.41, 5.74) is 2.01. The van der Waals surface area contributed by atoms with Crippen LogP contribution in [0.1, 0.15) is 54.6 Å². The molecule has 0 radical (unpaired) electrons. The molecular weight excluding hydrogens is 480 g/mol. The minimum absolute atomic E-state index is 0.0147. The zero-order valence-corrected chi connectivity index (χ0v) is 21.9. The summed E-state index contributed by atoms with van der Waals surface area (Å²) in [7, 11) is 0. The molecule has 3 aromatic rings. The van der Waals surface area contributed by atoms with Crippen molar-refractivity contribution in [2.24, 2.45) is 5.92 Å². The molecule has 1 saturated carbocycles. The summed E-state index contributed by atoms with van der Waals surface area (Å²) in [6, 6.07) is 18.7. The van der Waals surface area contributed by atoms with E-state index >= 15 is 0 Å². The second kappa shape index (κ2) is 10.9. The Morgan fingerprint density at radius 2 is 1.71 bits per heavy atom. The Morgan fingerprint density at radius 3 is 2.39 bits per heavy atom. The molecule has 0 spiro atoms. The van der Waals surface area contributed by atoms with E-state index in [1.54, 1.807) is 6.07 Å². The van der Waals surface area contributed by atoms with Crippen LogP contribution in [0.15, 0.2) is 60.7 Å². The summed E-state index contributed by atoms with van der Waals surface area (Å²) in [5, 5.41) is 14.0. The number of benzene rings is 2. The number of amides is 1. The van der Waals surface area contributed by atoms with Gasteiger partial charge in [0.25, 0.3) is 0 Å².